The Hall–Kier alpha value is -3.40. The molecule has 1 aromatic carbocycles. The van der Waals surface area contributed by atoms with Gasteiger partial charge in [0.1, 0.15) is 17.0 Å². The van der Waals surface area contributed by atoms with Crippen LogP contribution >= 0.6 is 0 Å². The van der Waals surface area contributed by atoms with Crippen molar-refractivity contribution in [1.29, 1.82) is 0 Å². The molecule has 1 N–H and O–H groups in total. The van der Waals surface area contributed by atoms with E-state index in [9.17, 15) is 14.4 Å². The summed E-state index contributed by atoms with van der Waals surface area (Å²) in [6, 6.07) is 6.91. The molecule has 0 saturated heterocycles. The van der Waals surface area contributed by atoms with Crippen molar-refractivity contribution in [3.63, 3.8) is 0 Å². The van der Waals surface area contributed by atoms with Gasteiger partial charge in [0.05, 0.1) is 32.7 Å². The molecular weight excluding hydrogens is 440 g/mol. The molecule has 0 saturated carbocycles. The number of anilines is 1. The molecule has 10 nitrogen and oxygen atoms in total. The van der Waals surface area contributed by atoms with Gasteiger partial charge < -0.3 is 24.1 Å². The van der Waals surface area contributed by atoms with Gasteiger partial charge in [0, 0.05) is 18.8 Å². The molecule has 3 rings (SSSR count). The molecule has 0 unspecified atom stereocenters. The maximum absolute atomic E-state index is 13.7. The molecule has 10 heteroatoms. The summed E-state index contributed by atoms with van der Waals surface area (Å²) in [7, 11) is 1.23. The molecule has 2 amide bonds. The lowest BCUT2D eigenvalue weighted by molar-refractivity contribution is -0.126. The number of amides is 2. The number of hydrogen-bond acceptors (Lipinski definition) is 7. The zero-order chi connectivity index (χ0) is 24.9. The highest BCUT2D eigenvalue weighted by Crippen LogP contribution is 2.34. The van der Waals surface area contributed by atoms with E-state index in [0.717, 1.165) is 0 Å². The number of imidazole rings is 1. The van der Waals surface area contributed by atoms with E-state index in [1.165, 1.54) is 22.9 Å². The Bertz CT molecular complexity index is 1030. The predicted molar refractivity (Wildman–Crippen MR) is 125 cm³/mol. The van der Waals surface area contributed by atoms with Crippen LogP contribution in [-0.4, -0.2) is 65.8 Å². The highest BCUT2D eigenvalue weighted by Gasteiger charge is 2.49. The van der Waals surface area contributed by atoms with Crippen molar-refractivity contribution in [1.82, 2.24) is 14.9 Å². The Balaban J connectivity index is 1.95. The molecule has 0 fully saturated rings. The van der Waals surface area contributed by atoms with Gasteiger partial charge >= 0.3 is 5.97 Å². The fourth-order valence-corrected chi connectivity index (χ4v) is 3.92. The van der Waals surface area contributed by atoms with Crippen LogP contribution in [0.5, 0.6) is 5.75 Å². The fourth-order valence-electron chi connectivity index (χ4n) is 3.92. The van der Waals surface area contributed by atoms with Crippen molar-refractivity contribution in [3.8, 4) is 5.75 Å². The first kappa shape index (κ1) is 25.2. The molecule has 1 aromatic heterocycles. The summed E-state index contributed by atoms with van der Waals surface area (Å²) in [5.41, 5.74) is -0.782. The maximum Gasteiger partial charge on any atom is 0.359 e. The van der Waals surface area contributed by atoms with E-state index in [2.05, 4.69) is 10.3 Å². The van der Waals surface area contributed by atoms with E-state index in [4.69, 9.17) is 14.2 Å². The summed E-state index contributed by atoms with van der Waals surface area (Å²) >= 11 is 0. The normalized spacial score (nSPS) is 17.5. The molecule has 1 aliphatic rings. The Morgan fingerprint density at radius 1 is 1.24 bits per heavy atom. The lowest BCUT2D eigenvalue weighted by atomic mass is 9.93. The number of hydrogen-bond donors (Lipinski definition) is 1. The van der Waals surface area contributed by atoms with Crippen LogP contribution in [0.1, 0.15) is 55.1 Å². The van der Waals surface area contributed by atoms with Crippen LogP contribution < -0.4 is 15.0 Å². The first-order valence-electron chi connectivity index (χ1n) is 11.3. The number of rotatable bonds is 10. The molecular formula is C24H32N4O6. The Morgan fingerprint density at radius 2 is 1.94 bits per heavy atom. The van der Waals surface area contributed by atoms with Crippen LogP contribution in [0.25, 0.3) is 0 Å². The fraction of sp³-hybridized carbons (Fsp3) is 0.500. The van der Waals surface area contributed by atoms with E-state index < -0.39 is 17.4 Å². The van der Waals surface area contributed by atoms with Gasteiger partial charge in [0.25, 0.3) is 5.91 Å². The van der Waals surface area contributed by atoms with Crippen molar-refractivity contribution in [3.05, 3.63) is 42.0 Å². The number of aromatic nitrogens is 2. The highest BCUT2D eigenvalue weighted by atomic mass is 16.5. The van der Waals surface area contributed by atoms with Crippen molar-refractivity contribution in [2.45, 2.75) is 52.3 Å². The molecule has 0 aliphatic carbocycles. The van der Waals surface area contributed by atoms with Crippen molar-refractivity contribution in [2.75, 3.05) is 31.8 Å². The Kier molecular flexibility index (Phi) is 7.93. The van der Waals surface area contributed by atoms with Gasteiger partial charge in [0.15, 0.2) is 5.69 Å². The van der Waals surface area contributed by atoms with Crippen LogP contribution in [0.2, 0.25) is 0 Å². The third kappa shape index (κ3) is 5.06. The van der Waals surface area contributed by atoms with Crippen molar-refractivity contribution in [2.24, 2.45) is 0 Å². The molecule has 2 heterocycles. The number of esters is 1. The molecule has 1 aliphatic heterocycles. The summed E-state index contributed by atoms with van der Waals surface area (Å²) in [6.07, 6.45) is 2.14. The number of carbonyl (C=O) groups excluding carboxylic acids is 3. The molecule has 2 aromatic rings. The topological polar surface area (TPSA) is 112 Å². The standard InChI is InChI=1S/C24H32N4O6/c1-6-33-18-10-8-17(9-11-18)28-21(29)20-19(22(30)32-5)26-15-27(20)14-24(28,4)23(31)25-12-7-13-34-16(2)3/h8-11,15-16H,6-7,12-14H2,1-5H3,(H,25,31)/t24-/m1/s1. The van der Waals surface area contributed by atoms with Crippen LogP contribution in [0, 0.1) is 0 Å². The van der Waals surface area contributed by atoms with Gasteiger partial charge in [-0.2, -0.15) is 0 Å². The second-order valence-corrected chi connectivity index (χ2v) is 8.43. The third-order valence-electron chi connectivity index (χ3n) is 5.55. The van der Waals surface area contributed by atoms with E-state index in [1.807, 2.05) is 20.8 Å². The first-order valence-corrected chi connectivity index (χ1v) is 11.3. The summed E-state index contributed by atoms with van der Waals surface area (Å²) in [6.45, 7) is 9.01. The van der Waals surface area contributed by atoms with Crippen LogP contribution in [0.4, 0.5) is 5.69 Å². The van der Waals surface area contributed by atoms with Crippen LogP contribution in [0.15, 0.2) is 30.6 Å². The molecule has 0 spiro atoms. The van der Waals surface area contributed by atoms with Crippen molar-refractivity contribution >= 4 is 23.5 Å². The summed E-state index contributed by atoms with van der Waals surface area (Å²) in [4.78, 5) is 44.9. The average molecular weight is 473 g/mol. The zero-order valence-corrected chi connectivity index (χ0v) is 20.3. The lowest BCUT2D eigenvalue weighted by Gasteiger charge is -2.43. The quantitative estimate of drug-likeness (QED) is 0.417. The molecule has 184 valence electrons. The number of fused-ring (bicyclic) bond motifs is 1. The van der Waals surface area contributed by atoms with Gasteiger partial charge in [-0.05, 0) is 58.4 Å². The predicted octanol–water partition coefficient (Wildman–Crippen LogP) is 2.42. The second kappa shape index (κ2) is 10.7. The average Bonchev–Trinajstić information content (AvgIpc) is 3.23. The number of nitrogens with zero attached hydrogens (tertiary/aromatic N) is 3. The van der Waals surface area contributed by atoms with Gasteiger partial charge in [0.2, 0.25) is 5.91 Å². The second-order valence-electron chi connectivity index (χ2n) is 8.43. The number of benzene rings is 1. The molecule has 0 bridgehead atoms. The molecule has 34 heavy (non-hydrogen) atoms. The van der Waals surface area contributed by atoms with E-state index >= 15 is 0 Å². The summed E-state index contributed by atoms with van der Waals surface area (Å²) < 4.78 is 17.4. The minimum atomic E-state index is -1.27. The molecule has 0 radical (unpaired) electrons. The summed E-state index contributed by atoms with van der Waals surface area (Å²) in [5.74, 6) is -0.911. The van der Waals surface area contributed by atoms with E-state index in [1.54, 1.807) is 31.2 Å². The third-order valence-corrected chi connectivity index (χ3v) is 5.55. The minimum Gasteiger partial charge on any atom is -0.494 e. The van der Waals surface area contributed by atoms with Gasteiger partial charge in [-0.15, -0.1) is 0 Å². The maximum atomic E-state index is 13.7. The zero-order valence-electron chi connectivity index (χ0n) is 20.3. The summed E-state index contributed by atoms with van der Waals surface area (Å²) in [5, 5.41) is 2.93. The van der Waals surface area contributed by atoms with Crippen LogP contribution in [-0.2, 0) is 20.8 Å². The van der Waals surface area contributed by atoms with Gasteiger partial charge in [-0.1, -0.05) is 0 Å². The van der Waals surface area contributed by atoms with Gasteiger partial charge in [-0.25, -0.2) is 9.78 Å². The van der Waals surface area contributed by atoms with Crippen LogP contribution in [0.3, 0.4) is 0 Å². The van der Waals surface area contributed by atoms with E-state index in [0.29, 0.717) is 37.6 Å². The van der Waals surface area contributed by atoms with Crippen molar-refractivity contribution < 1.29 is 28.6 Å². The largest absolute Gasteiger partial charge is 0.494 e. The number of nitrogens with one attached hydrogen (secondary N) is 1. The highest BCUT2D eigenvalue weighted by molar-refractivity contribution is 6.15. The monoisotopic (exact) mass is 472 g/mol. The Labute approximate surface area is 199 Å². The molecule has 1 atom stereocenters. The SMILES string of the molecule is CCOc1ccc(N2C(=O)c3c(C(=O)OC)ncn3C[C@]2(C)C(=O)NCCCOC(C)C)cc1. The number of methoxy groups -OCH3 is 1. The van der Waals surface area contributed by atoms with Gasteiger partial charge in [-0.3, -0.25) is 14.5 Å². The van der Waals surface area contributed by atoms with E-state index in [-0.39, 0.29) is 29.9 Å². The Morgan fingerprint density at radius 3 is 2.56 bits per heavy atom. The number of ether oxygens (including phenoxy) is 3. The minimum absolute atomic E-state index is 0.0799. The number of carbonyl (C=O) groups is 3. The first-order chi connectivity index (χ1) is 16.2. The lowest BCUT2D eigenvalue weighted by Crippen LogP contribution is -2.64. The smallest absolute Gasteiger partial charge is 0.359 e.